The molecule has 0 aromatic carbocycles. The van der Waals surface area contributed by atoms with Crippen LogP contribution in [-0.2, 0) is 0 Å². The van der Waals surface area contributed by atoms with Gasteiger partial charge >= 0.3 is 0 Å². The first-order chi connectivity index (χ1) is 8.15. The van der Waals surface area contributed by atoms with Crippen molar-refractivity contribution in [3.8, 4) is 0 Å². The fraction of sp³-hybridized carbons (Fsp3) is 0.727. The molecule has 0 radical (unpaired) electrons. The molecule has 94 valence electrons. The lowest BCUT2D eigenvalue weighted by molar-refractivity contribution is 0.300. The first-order valence-electron chi connectivity index (χ1n) is 5.94. The molecule has 17 heavy (non-hydrogen) atoms. The minimum atomic E-state index is 0.120. The maximum absolute atomic E-state index is 5.88. The van der Waals surface area contributed by atoms with E-state index in [1.807, 2.05) is 0 Å². The van der Waals surface area contributed by atoms with Gasteiger partial charge in [0.05, 0.1) is 0 Å². The van der Waals surface area contributed by atoms with Gasteiger partial charge in [-0.05, 0) is 36.3 Å². The van der Waals surface area contributed by atoms with E-state index in [1.165, 1.54) is 25.7 Å². The number of anilines is 1. The van der Waals surface area contributed by atoms with Crippen LogP contribution in [0.2, 0.25) is 10.4 Å². The van der Waals surface area contributed by atoms with Gasteiger partial charge in [0.1, 0.15) is 0 Å². The van der Waals surface area contributed by atoms with Gasteiger partial charge in [0.25, 0.3) is 0 Å². The first kappa shape index (κ1) is 12.8. The molecule has 1 aliphatic carbocycles. The van der Waals surface area contributed by atoms with Crippen molar-refractivity contribution >= 4 is 29.0 Å². The van der Waals surface area contributed by atoms with Gasteiger partial charge in [-0.1, -0.05) is 31.4 Å². The van der Waals surface area contributed by atoms with Crippen LogP contribution in [0.5, 0.6) is 0 Å². The fourth-order valence-electron chi connectivity index (χ4n) is 2.18. The highest BCUT2D eigenvalue weighted by atomic mass is 35.5. The average Bonchev–Trinajstić information content (AvgIpc) is 2.32. The quantitative estimate of drug-likeness (QED) is 0.918. The Labute approximate surface area is 111 Å². The number of aromatic nitrogens is 3. The summed E-state index contributed by atoms with van der Waals surface area (Å²) in [6, 6.07) is 0. The van der Waals surface area contributed by atoms with E-state index < -0.39 is 0 Å². The molecule has 1 aromatic rings. The van der Waals surface area contributed by atoms with Gasteiger partial charge in [0.2, 0.25) is 5.28 Å². The molecule has 6 heteroatoms. The SMILES string of the molecule is CC1CCC(CNc2nc(Cl)nnc2Cl)CC1. The smallest absolute Gasteiger partial charge is 0.245 e. The van der Waals surface area contributed by atoms with Gasteiger partial charge in [-0.25, -0.2) is 0 Å². The second-order valence-corrected chi connectivity index (χ2v) is 5.42. The zero-order chi connectivity index (χ0) is 12.3. The summed E-state index contributed by atoms with van der Waals surface area (Å²) in [5.74, 6) is 2.09. The molecule has 1 N–H and O–H groups in total. The van der Waals surface area contributed by atoms with Crippen molar-refractivity contribution in [2.75, 3.05) is 11.9 Å². The van der Waals surface area contributed by atoms with Crippen molar-refractivity contribution in [1.29, 1.82) is 0 Å². The Morgan fingerprint density at radius 1 is 1.18 bits per heavy atom. The van der Waals surface area contributed by atoms with Crippen molar-refractivity contribution in [3.63, 3.8) is 0 Å². The lowest BCUT2D eigenvalue weighted by Crippen LogP contribution is -2.20. The summed E-state index contributed by atoms with van der Waals surface area (Å²) in [6.07, 6.45) is 5.14. The van der Waals surface area contributed by atoms with Gasteiger partial charge in [0, 0.05) is 6.54 Å². The molecule has 0 spiro atoms. The van der Waals surface area contributed by atoms with Crippen LogP contribution in [0.3, 0.4) is 0 Å². The Balaban J connectivity index is 1.87. The molecular formula is C11H16Cl2N4. The van der Waals surface area contributed by atoms with E-state index in [1.54, 1.807) is 0 Å². The molecule has 2 rings (SSSR count). The molecule has 1 saturated carbocycles. The zero-order valence-corrected chi connectivity index (χ0v) is 11.3. The predicted octanol–water partition coefficient (Wildman–Crippen LogP) is 3.42. The third kappa shape index (κ3) is 3.68. The van der Waals surface area contributed by atoms with Crippen molar-refractivity contribution in [2.45, 2.75) is 32.6 Å². The molecule has 0 aliphatic heterocycles. The number of hydrogen-bond acceptors (Lipinski definition) is 4. The van der Waals surface area contributed by atoms with Crippen LogP contribution in [0.25, 0.3) is 0 Å². The number of hydrogen-bond donors (Lipinski definition) is 1. The topological polar surface area (TPSA) is 50.7 Å². The Morgan fingerprint density at radius 3 is 2.59 bits per heavy atom. The second-order valence-electron chi connectivity index (χ2n) is 4.73. The van der Waals surface area contributed by atoms with Gasteiger partial charge in [-0.15, -0.1) is 10.2 Å². The maximum atomic E-state index is 5.88. The summed E-state index contributed by atoms with van der Waals surface area (Å²) in [5.41, 5.74) is 0. The molecule has 0 atom stereocenters. The van der Waals surface area contributed by atoms with Crippen molar-refractivity contribution in [3.05, 3.63) is 10.4 Å². The molecule has 0 amide bonds. The largest absolute Gasteiger partial charge is 0.367 e. The fourth-order valence-corrected chi connectivity index (χ4v) is 2.45. The number of nitrogens with zero attached hydrogens (tertiary/aromatic N) is 3. The molecule has 1 fully saturated rings. The van der Waals surface area contributed by atoms with Crippen LogP contribution in [0.15, 0.2) is 0 Å². The first-order valence-corrected chi connectivity index (χ1v) is 6.70. The zero-order valence-electron chi connectivity index (χ0n) is 9.79. The molecule has 1 aliphatic rings. The maximum Gasteiger partial charge on any atom is 0.245 e. The lowest BCUT2D eigenvalue weighted by atomic mass is 9.83. The highest BCUT2D eigenvalue weighted by Crippen LogP contribution is 2.28. The Bertz CT molecular complexity index is 378. The van der Waals surface area contributed by atoms with E-state index in [4.69, 9.17) is 23.2 Å². The third-order valence-electron chi connectivity index (χ3n) is 3.31. The monoisotopic (exact) mass is 274 g/mol. The molecule has 0 saturated heterocycles. The molecule has 1 heterocycles. The minimum absolute atomic E-state index is 0.120. The highest BCUT2D eigenvalue weighted by Gasteiger charge is 2.18. The van der Waals surface area contributed by atoms with Gasteiger partial charge < -0.3 is 5.32 Å². The average molecular weight is 275 g/mol. The second kappa shape index (κ2) is 5.83. The van der Waals surface area contributed by atoms with Crippen LogP contribution in [0.4, 0.5) is 5.82 Å². The van der Waals surface area contributed by atoms with E-state index in [0.717, 1.165) is 12.5 Å². The van der Waals surface area contributed by atoms with Crippen LogP contribution >= 0.6 is 23.2 Å². The minimum Gasteiger partial charge on any atom is -0.367 e. The van der Waals surface area contributed by atoms with E-state index >= 15 is 0 Å². The number of halogens is 2. The summed E-state index contributed by atoms with van der Waals surface area (Å²) >= 11 is 11.6. The predicted molar refractivity (Wildman–Crippen MR) is 69.5 cm³/mol. The Kier molecular flexibility index (Phi) is 4.40. The van der Waals surface area contributed by atoms with Crippen LogP contribution in [0.1, 0.15) is 32.6 Å². The van der Waals surface area contributed by atoms with Gasteiger partial charge in [-0.2, -0.15) is 4.98 Å². The summed E-state index contributed by atoms with van der Waals surface area (Å²) in [4.78, 5) is 4.02. The Morgan fingerprint density at radius 2 is 1.88 bits per heavy atom. The number of rotatable bonds is 3. The normalized spacial score (nSPS) is 24.6. The van der Waals surface area contributed by atoms with Gasteiger partial charge in [-0.3, -0.25) is 0 Å². The van der Waals surface area contributed by atoms with Crippen molar-refractivity contribution in [2.24, 2.45) is 11.8 Å². The Hall–Kier alpha value is -0.610. The summed E-state index contributed by atoms with van der Waals surface area (Å²) < 4.78 is 0. The lowest BCUT2D eigenvalue weighted by Gasteiger charge is -2.26. The van der Waals surface area contributed by atoms with Crippen LogP contribution in [-0.4, -0.2) is 21.7 Å². The van der Waals surface area contributed by atoms with E-state index in [0.29, 0.717) is 11.7 Å². The molecule has 4 nitrogen and oxygen atoms in total. The summed E-state index contributed by atoms with van der Waals surface area (Å²) in [6.45, 7) is 3.19. The highest BCUT2D eigenvalue weighted by molar-refractivity contribution is 6.32. The standard InChI is InChI=1S/C11H16Cl2N4/c1-7-2-4-8(5-3-7)6-14-10-9(12)16-17-11(13)15-10/h7-8H,2-6H2,1H3,(H,14,15,17). The van der Waals surface area contributed by atoms with Crippen LogP contribution in [0, 0.1) is 11.8 Å². The molecular weight excluding hydrogens is 259 g/mol. The molecule has 1 aromatic heterocycles. The molecule has 0 unspecified atom stereocenters. The van der Waals surface area contributed by atoms with E-state index in [2.05, 4.69) is 27.4 Å². The molecule has 0 bridgehead atoms. The van der Waals surface area contributed by atoms with Crippen molar-refractivity contribution in [1.82, 2.24) is 15.2 Å². The van der Waals surface area contributed by atoms with E-state index in [9.17, 15) is 0 Å². The number of nitrogens with one attached hydrogen (secondary N) is 1. The van der Waals surface area contributed by atoms with Crippen LogP contribution < -0.4 is 5.32 Å². The third-order valence-corrected chi connectivity index (χ3v) is 3.73. The summed E-state index contributed by atoms with van der Waals surface area (Å²) in [7, 11) is 0. The van der Waals surface area contributed by atoms with E-state index in [-0.39, 0.29) is 10.4 Å². The summed E-state index contributed by atoms with van der Waals surface area (Å²) in [5, 5.41) is 10.9. The van der Waals surface area contributed by atoms with Gasteiger partial charge in [0.15, 0.2) is 11.0 Å². The van der Waals surface area contributed by atoms with Crippen molar-refractivity contribution < 1.29 is 0 Å².